The number of hydrogen-bond donors (Lipinski definition) is 0. The Labute approximate surface area is 110 Å². The monoisotopic (exact) mass is 258 g/mol. The van der Waals surface area contributed by atoms with Crippen LogP contribution >= 0.6 is 0 Å². The first-order valence-electron chi connectivity index (χ1n) is 6.37. The molecule has 0 heterocycles. The molecule has 0 aromatic heterocycles. The molecule has 0 aromatic carbocycles. The zero-order valence-corrected chi connectivity index (χ0v) is 12.2. The smallest absolute Gasteiger partial charge is 0.302 e. The lowest BCUT2D eigenvalue weighted by atomic mass is 9.98. The Morgan fingerprint density at radius 1 is 0.778 bits per heavy atom. The molecule has 4 heteroatoms. The summed E-state index contributed by atoms with van der Waals surface area (Å²) in [4.78, 5) is 29.4. The number of carbonyl (C=O) groups excluding carboxylic acids is 3. The first-order valence-corrected chi connectivity index (χ1v) is 6.37. The summed E-state index contributed by atoms with van der Waals surface area (Å²) in [5.41, 5.74) is 0. The van der Waals surface area contributed by atoms with Gasteiger partial charge >= 0.3 is 5.97 Å². The first-order chi connectivity index (χ1) is 8.25. The molecule has 18 heavy (non-hydrogen) atoms. The zero-order valence-electron chi connectivity index (χ0n) is 12.2. The molecule has 0 atom stereocenters. The second-order valence-electron chi connectivity index (χ2n) is 4.69. The van der Waals surface area contributed by atoms with Gasteiger partial charge in [-0.15, -0.1) is 0 Å². The predicted octanol–water partition coefficient (Wildman–Crippen LogP) is 3.07. The molecule has 0 aromatic rings. The maximum Gasteiger partial charge on any atom is 0.302 e. The van der Waals surface area contributed by atoms with E-state index in [-0.39, 0.29) is 23.6 Å². The number of carbonyl (C=O) groups is 3. The van der Waals surface area contributed by atoms with Gasteiger partial charge in [-0.1, -0.05) is 6.42 Å². The van der Waals surface area contributed by atoms with Crippen molar-refractivity contribution in [1.29, 1.82) is 0 Å². The van der Waals surface area contributed by atoms with Crippen LogP contribution in [-0.2, 0) is 19.1 Å². The molecule has 0 amide bonds. The van der Waals surface area contributed by atoms with Gasteiger partial charge in [0.25, 0.3) is 0 Å². The average molecular weight is 258 g/mol. The fraction of sp³-hybridized carbons (Fsp3) is 0.786. The fourth-order valence-corrected chi connectivity index (χ4v) is 1.42. The average Bonchev–Trinajstić information content (AvgIpc) is 2.16. The van der Waals surface area contributed by atoms with Crippen LogP contribution in [-0.4, -0.2) is 23.6 Å². The number of rotatable bonds is 1. The van der Waals surface area contributed by atoms with E-state index in [1.54, 1.807) is 0 Å². The summed E-state index contributed by atoms with van der Waals surface area (Å²) in [6.07, 6.45) is 6.11. The summed E-state index contributed by atoms with van der Waals surface area (Å²) < 4.78 is 5.05. The van der Waals surface area contributed by atoms with Gasteiger partial charge in [0.15, 0.2) is 0 Å². The first kappa shape index (κ1) is 19.2. The van der Waals surface area contributed by atoms with Crippen LogP contribution in [0.3, 0.4) is 0 Å². The highest BCUT2D eigenvalue weighted by atomic mass is 16.5. The van der Waals surface area contributed by atoms with Crippen molar-refractivity contribution >= 4 is 17.5 Å². The van der Waals surface area contributed by atoms with Gasteiger partial charge in [0, 0.05) is 6.92 Å². The van der Waals surface area contributed by atoms with Crippen LogP contribution in [0.4, 0.5) is 0 Å². The second-order valence-corrected chi connectivity index (χ2v) is 4.69. The molecule has 0 bridgehead atoms. The molecule has 0 saturated heterocycles. The summed E-state index contributed by atoms with van der Waals surface area (Å²) in [6, 6.07) is 0. The lowest BCUT2D eigenvalue weighted by molar-refractivity contribution is -0.147. The van der Waals surface area contributed by atoms with Gasteiger partial charge in [-0.2, -0.15) is 0 Å². The van der Waals surface area contributed by atoms with Crippen molar-refractivity contribution in [2.75, 3.05) is 0 Å². The molecular formula is C14H26O4. The quantitative estimate of drug-likeness (QED) is 0.678. The van der Waals surface area contributed by atoms with Gasteiger partial charge in [-0.3, -0.25) is 4.79 Å². The van der Waals surface area contributed by atoms with E-state index in [0.29, 0.717) is 0 Å². The van der Waals surface area contributed by atoms with E-state index in [1.165, 1.54) is 53.9 Å². The molecule has 0 spiro atoms. The van der Waals surface area contributed by atoms with Crippen molar-refractivity contribution in [3.8, 4) is 0 Å². The van der Waals surface area contributed by atoms with Crippen molar-refractivity contribution < 1.29 is 19.1 Å². The van der Waals surface area contributed by atoms with Crippen molar-refractivity contribution in [3.63, 3.8) is 0 Å². The van der Waals surface area contributed by atoms with E-state index in [1.807, 2.05) is 0 Å². The lowest BCUT2D eigenvalue weighted by Gasteiger charge is -2.20. The molecule has 0 unspecified atom stereocenters. The third-order valence-corrected chi connectivity index (χ3v) is 1.88. The topological polar surface area (TPSA) is 60.4 Å². The SMILES string of the molecule is CC(=O)OC1CCCCC1.CC(C)=O.CC(C)=O. The van der Waals surface area contributed by atoms with Crippen LogP contribution in [0.1, 0.15) is 66.7 Å². The number of hydrogen-bond acceptors (Lipinski definition) is 4. The maximum atomic E-state index is 10.5. The summed E-state index contributed by atoms with van der Waals surface area (Å²) in [5, 5.41) is 0. The maximum absolute atomic E-state index is 10.5. The number of ether oxygens (including phenoxy) is 1. The van der Waals surface area contributed by atoms with Gasteiger partial charge < -0.3 is 14.3 Å². The molecular weight excluding hydrogens is 232 g/mol. The van der Waals surface area contributed by atoms with Gasteiger partial charge in [0.05, 0.1) is 0 Å². The van der Waals surface area contributed by atoms with Crippen LogP contribution < -0.4 is 0 Å². The standard InChI is InChI=1S/C8H14O2.2C3H6O/c1-7(9)10-8-5-3-2-4-6-8;2*1-3(2)4/h8H,2-6H2,1H3;2*1-2H3. The second kappa shape index (κ2) is 12.3. The molecule has 1 fully saturated rings. The van der Waals surface area contributed by atoms with E-state index >= 15 is 0 Å². The van der Waals surface area contributed by atoms with Crippen molar-refractivity contribution in [2.24, 2.45) is 0 Å². The normalized spacial score (nSPS) is 14.3. The van der Waals surface area contributed by atoms with E-state index < -0.39 is 0 Å². The number of esters is 1. The molecule has 106 valence electrons. The summed E-state index contributed by atoms with van der Waals surface area (Å²) >= 11 is 0. The predicted molar refractivity (Wildman–Crippen MR) is 71.3 cm³/mol. The van der Waals surface area contributed by atoms with Crippen LogP contribution in [0, 0.1) is 0 Å². The minimum atomic E-state index is -0.132. The summed E-state index contributed by atoms with van der Waals surface area (Å²) in [7, 11) is 0. The highest BCUT2D eigenvalue weighted by Crippen LogP contribution is 2.19. The van der Waals surface area contributed by atoms with Crippen LogP contribution in [0.2, 0.25) is 0 Å². The van der Waals surface area contributed by atoms with Gasteiger partial charge in [-0.05, 0) is 53.4 Å². The van der Waals surface area contributed by atoms with Crippen molar-refractivity contribution in [3.05, 3.63) is 0 Å². The van der Waals surface area contributed by atoms with Crippen molar-refractivity contribution in [2.45, 2.75) is 72.8 Å². The Kier molecular flexibility index (Phi) is 13.1. The third-order valence-electron chi connectivity index (χ3n) is 1.88. The minimum Gasteiger partial charge on any atom is -0.463 e. The van der Waals surface area contributed by atoms with E-state index in [0.717, 1.165) is 12.8 Å². The summed E-state index contributed by atoms with van der Waals surface area (Å²) in [5.74, 6) is 0.201. The van der Waals surface area contributed by atoms with Gasteiger partial charge in [-0.25, -0.2) is 0 Å². The van der Waals surface area contributed by atoms with Crippen LogP contribution in [0.25, 0.3) is 0 Å². The minimum absolute atomic E-state index is 0.132. The number of Topliss-reactive ketones (excluding diaryl/α,β-unsaturated/α-hetero) is 2. The Morgan fingerprint density at radius 2 is 1.11 bits per heavy atom. The Balaban J connectivity index is 0. The lowest BCUT2D eigenvalue weighted by Crippen LogP contribution is -2.18. The fourth-order valence-electron chi connectivity index (χ4n) is 1.42. The van der Waals surface area contributed by atoms with Gasteiger partial charge in [0.1, 0.15) is 17.7 Å². The summed E-state index contributed by atoms with van der Waals surface area (Å²) in [6.45, 7) is 7.59. The molecule has 1 rings (SSSR count). The highest BCUT2D eigenvalue weighted by molar-refractivity contribution is 5.72. The molecule has 4 nitrogen and oxygen atoms in total. The molecule has 0 radical (unpaired) electrons. The third kappa shape index (κ3) is 24.2. The number of ketones is 2. The molecule has 1 saturated carbocycles. The largest absolute Gasteiger partial charge is 0.463 e. The van der Waals surface area contributed by atoms with Crippen LogP contribution in [0.5, 0.6) is 0 Å². The van der Waals surface area contributed by atoms with Crippen LogP contribution in [0.15, 0.2) is 0 Å². The van der Waals surface area contributed by atoms with E-state index in [9.17, 15) is 14.4 Å². The Bertz CT molecular complexity index is 233. The van der Waals surface area contributed by atoms with Gasteiger partial charge in [0.2, 0.25) is 0 Å². The molecule has 0 N–H and O–H groups in total. The highest BCUT2D eigenvalue weighted by Gasteiger charge is 2.14. The molecule has 1 aliphatic rings. The Morgan fingerprint density at radius 3 is 1.39 bits per heavy atom. The van der Waals surface area contributed by atoms with Crippen molar-refractivity contribution in [1.82, 2.24) is 0 Å². The molecule has 1 aliphatic carbocycles. The zero-order chi connectivity index (χ0) is 14.6. The van der Waals surface area contributed by atoms with E-state index in [4.69, 9.17) is 4.74 Å². The van der Waals surface area contributed by atoms with E-state index in [2.05, 4.69) is 0 Å². The Hall–Kier alpha value is -1.19. The molecule has 0 aliphatic heterocycles.